The van der Waals surface area contributed by atoms with Gasteiger partial charge in [-0.15, -0.1) is 0 Å². The van der Waals surface area contributed by atoms with Crippen LogP contribution in [-0.4, -0.2) is 23.4 Å². The van der Waals surface area contributed by atoms with Crippen molar-refractivity contribution in [3.8, 4) is 5.75 Å². The van der Waals surface area contributed by atoms with E-state index in [1.165, 1.54) is 5.56 Å². The molecule has 0 fully saturated rings. The molecule has 0 aliphatic rings. The number of rotatable bonds is 11. The molecule has 0 heterocycles. The summed E-state index contributed by atoms with van der Waals surface area (Å²) in [7, 11) is 1.67. The molecule has 0 spiro atoms. The highest BCUT2D eigenvalue weighted by molar-refractivity contribution is 7.99. The van der Waals surface area contributed by atoms with E-state index in [-0.39, 0.29) is 11.8 Å². The molecule has 1 aromatic rings. The van der Waals surface area contributed by atoms with Crippen LogP contribution in [0.25, 0.3) is 0 Å². The normalized spacial score (nSPS) is 16.2. The minimum Gasteiger partial charge on any atom is -0.497 e. The molecular formula is C20H32O3S. The van der Waals surface area contributed by atoms with E-state index in [1.54, 1.807) is 7.11 Å². The summed E-state index contributed by atoms with van der Waals surface area (Å²) in [5.41, 5.74) is 1.25. The van der Waals surface area contributed by atoms with Gasteiger partial charge in [0, 0.05) is 11.0 Å². The highest BCUT2D eigenvalue weighted by Gasteiger charge is 2.29. The standard InChI is InChI=1S/C20H32O3S/c1-6-14(3)18(20(21)22)12-19(15(4)7-2)24-13-16-8-10-17(23-5)11-9-16/h8-11,14-15,18-19H,6-7,12-13H2,1-5H3,(H,21,22)/t14-,15-,18-,19-/m0/s1. The number of aliphatic carboxylic acids is 1. The fourth-order valence-corrected chi connectivity index (χ4v) is 4.23. The van der Waals surface area contributed by atoms with Crippen LogP contribution >= 0.6 is 11.8 Å². The van der Waals surface area contributed by atoms with Crippen LogP contribution in [0.2, 0.25) is 0 Å². The summed E-state index contributed by atoms with van der Waals surface area (Å²) in [5.74, 6) is 1.60. The molecule has 0 aromatic heterocycles. The predicted molar refractivity (Wildman–Crippen MR) is 103 cm³/mol. The Kier molecular flexibility index (Phi) is 9.27. The molecule has 1 aromatic carbocycles. The van der Waals surface area contributed by atoms with Gasteiger partial charge in [-0.1, -0.05) is 52.7 Å². The van der Waals surface area contributed by atoms with Gasteiger partial charge < -0.3 is 9.84 Å². The number of hydrogen-bond donors (Lipinski definition) is 1. The van der Waals surface area contributed by atoms with Gasteiger partial charge in [-0.2, -0.15) is 11.8 Å². The van der Waals surface area contributed by atoms with Crippen molar-refractivity contribution in [2.24, 2.45) is 17.8 Å². The predicted octanol–water partition coefficient (Wildman–Crippen LogP) is 5.48. The van der Waals surface area contributed by atoms with Crippen molar-refractivity contribution >= 4 is 17.7 Å². The van der Waals surface area contributed by atoms with Gasteiger partial charge in [0.1, 0.15) is 5.75 Å². The van der Waals surface area contributed by atoms with E-state index in [9.17, 15) is 9.90 Å². The zero-order valence-corrected chi connectivity index (χ0v) is 16.4. The maximum atomic E-state index is 11.7. The first-order valence-corrected chi connectivity index (χ1v) is 9.95. The lowest BCUT2D eigenvalue weighted by atomic mass is 9.85. The van der Waals surface area contributed by atoms with Gasteiger partial charge in [-0.05, 0) is 36.0 Å². The van der Waals surface area contributed by atoms with Crippen molar-refractivity contribution in [2.45, 2.75) is 58.0 Å². The van der Waals surface area contributed by atoms with Gasteiger partial charge in [-0.3, -0.25) is 4.79 Å². The van der Waals surface area contributed by atoms with Crippen LogP contribution in [0.1, 0.15) is 52.5 Å². The summed E-state index contributed by atoms with van der Waals surface area (Å²) in [5, 5.41) is 9.97. The monoisotopic (exact) mass is 352 g/mol. The summed E-state index contributed by atoms with van der Waals surface area (Å²) in [6.07, 6.45) is 2.74. The quantitative estimate of drug-likeness (QED) is 0.573. The van der Waals surface area contributed by atoms with Crippen molar-refractivity contribution in [3.63, 3.8) is 0 Å². The van der Waals surface area contributed by atoms with Crippen molar-refractivity contribution in [1.82, 2.24) is 0 Å². The van der Waals surface area contributed by atoms with Crippen LogP contribution in [0.4, 0.5) is 0 Å². The van der Waals surface area contributed by atoms with Gasteiger partial charge >= 0.3 is 5.97 Å². The SMILES string of the molecule is CC[C@H](C)[C@H](C[C@H](C(=O)O)[C@@H](C)CC)SCc1ccc(OC)cc1. The molecule has 0 bridgehead atoms. The minimum atomic E-state index is -0.650. The molecule has 0 aliphatic carbocycles. The van der Waals surface area contributed by atoms with E-state index in [2.05, 4.69) is 39.8 Å². The second kappa shape index (κ2) is 10.7. The number of ether oxygens (including phenoxy) is 1. The lowest BCUT2D eigenvalue weighted by Gasteiger charge is -2.28. The zero-order chi connectivity index (χ0) is 18.1. The lowest BCUT2D eigenvalue weighted by Crippen LogP contribution is -2.28. The number of carboxylic acids is 1. The van der Waals surface area contributed by atoms with E-state index in [4.69, 9.17) is 4.74 Å². The average Bonchev–Trinajstić information content (AvgIpc) is 2.60. The van der Waals surface area contributed by atoms with Gasteiger partial charge in [0.2, 0.25) is 0 Å². The van der Waals surface area contributed by atoms with Gasteiger partial charge in [-0.25, -0.2) is 0 Å². The summed E-state index contributed by atoms with van der Waals surface area (Å²) in [4.78, 5) is 11.7. The van der Waals surface area contributed by atoms with Crippen LogP contribution in [0.5, 0.6) is 5.75 Å². The summed E-state index contributed by atoms with van der Waals surface area (Å²) < 4.78 is 5.20. The number of methoxy groups -OCH3 is 1. The molecule has 4 heteroatoms. The van der Waals surface area contributed by atoms with Crippen molar-refractivity contribution in [3.05, 3.63) is 29.8 Å². The third-order valence-electron chi connectivity index (χ3n) is 5.04. The zero-order valence-electron chi connectivity index (χ0n) is 15.6. The second-order valence-electron chi connectivity index (χ2n) is 6.65. The number of benzene rings is 1. The number of thioether (sulfide) groups is 1. The van der Waals surface area contributed by atoms with Crippen molar-refractivity contribution in [1.29, 1.82) is 0 Å². The maximum Gasteiger partial charge on any atom is 0.306 e. The highest BCUT2D eigenvalue weighted by Crippen LogP contribution is 2.34. The average molecular weight is 353 g/mol. The first-order chi connectivity index (χ1) is 11.4. The molecule has 0 saturated heterocycles. The van der Waals surface area contributed by atoms with E-state index in [0.717, 1.165) is 30.8 Å². The lowest BCUT2D eigenvalue weighted by molar-refractivity contribution is -0.143. The van der Waals surface area contributed by atoms with E-state index < -0.39 is 5.97 Å². The van der Waals surface area contributed by atoms with Crippen LogP contribution in [0.3, 0.4) is 0 Å². The summed E-state index contributed by atoms with van der Waals surface area (Å²) in [6, 6.07) is 8.13. The van der Waals surface area contributed by atoms with E-state index in [1.807, 2.05) is 23.9 Å². The fraction of sp³-hybridized carbons (Fsp3) is 0.650. The molecule has 1 N–H and O–H groups in total. The van der Waals surface area contributed by atoms with Crippen LogP contribution in [0.15, 0.2) is 24.3 Å². The third-order valence-corrected chi connectivity index (χ3v) is 6.62. The Bertz CT molecular complexity index is 486. The molecule has 136 valence electrons. The topological polar surface area (TPSA) is 46.5 Å². The molecule has 0 unspecified atom stereocenters. The van der Waals surface area contributed by atoms with Gasteiger partial charge in [0.15, 0.2) is 0 Å². The highest BCUT2D eigenvalue weighted by atomic mass is 32.2. The van der Waals surface area contributed by atoms with Crippen molar-refractivity contribution in [2.75, 3.05) is 7.11 Å². The first kappa shape index (κ1) is 20.9. The van der Waals surface area contributed by atoms with E-state index in [0.29, 0.717) is 11.2 Å². The Balaban J connectivity index is 2.75. The van der Waals surface area contributed by atoms with Gasteiger partial charge in [0.25, 0.3) is 0 Å². The Morgan fingerprint density at radius 1 is 1.12 bits per heavy atom. The first-order valence-electron chi connectivity index (χ1n) is 8.90. The molecule has 1 rings (SSSR count). The number of hydrogen-bond acceptors (Lipinski definition) is 3. The Labute approximate surface area is 151 Å². The summed E-state index contributed by atoms with van der Waals surface area (Å²) in [6.45, 7) is 8.55. The second-order valence-corrected chi connectivity index (χ2v) is 7.88. The smallest absolute Gasteiger partial charge is 0.306 e. The molecule has 4 atom stereocenters. The maximum absolute atomic E-state index is 11.7. The van der Waals surface area contributed by atoms with Crippen LogP contribution in [-0.2, 0) is 10.5 Å². The third kappa shape index (κ3) is 6.39. The molecule has 0 amide bonds. The van der Waals surface area contributed by atoms with Crippen molar-refractivity contribution < 1.29 is 14.6 Å². The minimum absolute atomic E-state index is 0.218. The molecule has 0 aliphatic heterocycles. The molecule has 0 radical (unpaired) electrons. The summed E-state index contributed by atoms with van der Waals surface area (Å²) >= 11 is 1.89. The van der Waals surface area contributed by atoms with Gasteiger partial charge in [0.05, 0.1) is 13.0 Å². The van der Waals surface area contributed by atoms with Crippen LogP contribution < -0.4 is 4.74 Å². The molecule has 0 saturated carbocycles. The number of carbonyl (C=O) groups is 1. The largest absolute Gasteiger partial charge is 0.497 e. The fourth-order valence-electron chi connectivity index (χ4n) is 2.76. The Morgan fingerprint density at radius 3 is 2.17 bits per heavy atom. The van der Waals surface area contributed by atoms with Crippen LogP contribution in [0, 0.1) is 17.8 Å². The molecule has 3 nitrogen and oxygen atoms in total. The number of carboxylic acid groups (broad SMARTS) is 1. The Morgan fingerprint density at radius 2 is 1.71 bits per heavy atom. The molecule has 24 heavy (non-hydrogen) atoms. The Hall–Kier alpha value is -1.16. The van der Waals surface area contributed by atoms with E-state index >= 15 is 0 Å². The molecular weight excluding hydrogens is 320 g/mol.